The fourth-order valence-corrected chi connectivity index (χ4v) is 8.59. The van der Waals surface area contributed by atoms with E-state index in [9.17, 15) is 34.5 Å². The summed E-state index contributed by atoms with van der Waals surface area (Å²) in [7, 11) is 0. The number of aliphatic hydroxyl groups excluding tert-OH is 2. The zero-order valence-corrected chi connectivity index (χ0v) is 46.1. The van der Waals surface area contributed by atoms with Crippen LogP contribution in [0.1, 0.15) is 252 Å². The first-order chi connectivity index (χ1) is 35.6. The van der Waals surface area contributed by atoms with E-state index in [0.29, 0.717) is 19.3 Å². The van der Waals surface area contributed by atoms with Crippen molar-refractivity contribution in [1.82, 2.24) is 0 Å². The minimum Gasteiger partial charge on any atom is -0.479 e. The highest BCUT2D eigenvalue weighted by Crippen LogP contribution is 2.26. The molecule has 420 valence electrons. The number of carboxylic acid groups (broad SMARTS) is 1. The number of hydrogen-bond donors (Lipinski definition) is 3. The number of allylic oxidation sites excluding steroid dienone is 10. The van der Waals surface area contributed by atoms with Gasteiger partial charge in [-0.05, 0) is 83.5 Å². The highest BCUT2D eigenvalue weighted by atomic mass is 16.7. The Labute approximate surface area is 443 Å². The van der Waals surface area contributed by atoms with Crippen molar-refractivity contribution in [2.24, 2.45) is 0 Å². The van der Waals surface area contributed by atoms with Crippen LogP contribution in [-0.4, -0.2) is 89.2 Å². The van der Waals surface area contributed by atoms with Crippen LogP contribution < -0.4 is 0 Å². The standard InChI is InChI=1S/C61H104O12/c1-4-7-10-13-16-19-22-24-25-26-27-28-29-31-33-35-38-41-44-47-53(62)69-50-52(71-54(63)48-45-42-39-36-32-21-18-15-12-9-6-3)51-70-61-59(57(66)56(65)58(73-61)60(67)68)72-55(64)49-46-43-40-37-34-30-23-20-17-14-11-8-5-2/h7,10,16,19-20,23-25,27-28,52,56-59,61,65-66H,4-6,8-9,11-15,17-18,21-22,26,29-51H2,1-3H3,(H,67,68)/b10-7-,19-16-,23-20-,25-24-,28-27-. The average Bonchev–Trinajstić information content (AvgIpc) is 3.37. The molecular formula is C61H104O12. The minimum absolute atomic E-state index is 0.0496. The molecule has 6 atom stereocenters. The van der Waals surface area contributed by atoms with Gasteiger partial charge in [0.1, 0.15) is 18.8 Å². The van der Waals surface area contributed by atoms with E-state index >= 15 is 0 Å². The van der Waals surface area contributed by atoms with Crippen molar-refractivity contribution >= 4 is 23.9 Å². The number of unbranched alkanes of at least 4 members (excludes halogenated alkanes) is 25. The molecule has 0 aromatic carbocycles. The van der Waals surface area contributed by atoms with Crippen molar-refractivity contribution in [2.75, 3.05) is 13.2 Å². The molecule has 73 heavy (non-hydrogen) atoms. The molecule has 0 radical (unpaired) electrons. The molecular weight excluding hydrogens is 925 g/mol. The topological polar surface area (TPSA) is 175 Å². The summed E-state index contributed by atoms with van der Waals surface area (Å²) in [6, 6.07) is 0. The van der Waals surface area contributed by atoms with Crippen LogP contribution in [0.15, 0.2) is 60.8 Å². The van der Waals surface area contributed by atoms with Gasteiger partial charge < -0.3 is 39.0 Å². The van der Waals surface area contributed by atoms with E-state index in [-0.39, 0.29) is 25.9 Å². The maximum Gasteiger partial charge on any atom is 0.335 e. The highest BCUT2D eigenvalue weighted by Gasteiger charge is 2.50. The molecule has 12 nitrogen and oxygen atoms in total. The van der Waals surface area contributed by atoms with Gasteiger partial charge in [0.05, 0.1) is 6.61 Å². The summed E-state index contributed by atoms with van der Waals surface area (Å²) in [6.45, 7) is 5.84. The summed E-state index contributed by atoms with van der Waals surface area (Å²) >= 11 is 0. The van der Waals surface area contributed by atoms with Crippen molar-refractivity contribution in [3.63, 3.8) is 0 Å². The van der Waals surface area contributed by atoms with E-state index in [2.05, 4.69) is 81.5 Å². The lowest BCUT2D eigenvalue weighted by atomic mass is 9.98. The lowest BCUT2D eigenvalue weighted by Gasteiger charge is -2.40. The van der Waals surface area contributed by atoms with Crippen molar-refractivity contribution < 1.29 is 58.2 Å². The third kappa shape index (κ3) is 39.5. The Morgan fingerprint density at radius 1 is 0.466 bits per heavy atom. The molecule has 12 heteroatoms. The molecule has 1 fully saturated rings. The minimum atomic E-state index is -1.91. The molecule has 1 heterocycles. The molecule has 1 aliphatic heterocycles. The van der Waals surface area contributed by atoms with E-state index in [4.69, 9.17) is 23.7 Å². The lowest BCUT2D eigenvalue weighted by molar-refractivity contribution is -0.301. The molecule has 0 spiro atoms. The molecule has 6 unspecified atom stereocenters. The van der Waals surface area contributed by atoms with E-state index in [0.717, 1.165) is 122 Å². The Kier molecular flexibility index (Phi) is 45.5. The van der Waals surface area contributed by atoms with E-state index in [1.165, 1.54) is 70.6 Å². The van der Waals surface area contributed by atoms with Gasteiger partial charge in [0.2, 0.25) is 0 Å². The Balaban J connectivity index is 2.68. The van der Waals surface area contributed by atoms with Crippen LogP contribution in [0.3, 0.4) is 0 Å². The number of ether oxygens (including phenoxy) is 5. The molecule has 0 amide bonds. The molecule has 0 aromatic rings. The van der Waals surface area contributed by atoms with Gasteiger partial charge in [0.25, 0.3) is 0 Å². The normalized spacial score (nSPS) is 18.7. The second kappa shape index (κ2) is 49.3. The number of carbonyl (C=O) groups is 4. The Bertz CT molecular complexity index is 1500. The first-order valence-corrected chi connectivity index (χ1v) is 29.3. The predicted octanol–water partition coefficient (Wildman–Crippen LogP) is 14.8. The van der Waals surface area contributed by atoms with Crippen molar-refractivity contribution in [2.45, 2.75) is 289 Å². The molecule has 0 saturated carbocycles. The van der Waals surface area contributed by atoms with Gasteiger partial charge in [-0.1, -0.05) is 210 Å². The van der Waals surface area contributed by atoms with Crippen LogP contribution in [0.5, 0.6) is 0 Å². The van der Waals surface area contributed by atoms with Gasteiger partial charge in [-0.15, -0.1) is 0 Å². The molecule has 0 bridgehead atoms. The van der Waals surface area contributed by atoms with Gasteiger partial charge in [-0.25, -0.2) is 4.79 Å². The van der Waals surface area contributed by atoms with Gasteiger partial charge >= 0.3 is 23.9 Å². The summed E-state index contributed by atoms with van der Waals surface area (Å²) < 4.78 is 28.4. The molecule has 1 aliphatic rings. The number of carboxylic acids is 1. The smallest absolute Gasteiger partial charge is 0.335 e. The summed E-state index contributed by atoms with van der Waals surface area (Å²) in [4.78, 5) is 51.0. The van der Waals surface area contributed by atoms with Crippen LogP contribution in [0.25, 0.3) is 0 Å². The predicted molar refractivity (Wildman–Crippen MR) is 294 cm³/mol. The van der Waals surface area contributed by atoms with Crippen LogP contribution in [-0.2, 0) is 42.9 Å². The maximum atomic E-state index is 13.1. The fraction of sp³-hybridized carbons (Fsp3) is 0.770. The lowest BCUT2D eigenvalue weighted by Crippen LogP contribution is -2.61. The third-order valence-corrected chi connectivity index (χ3v) is 13.1. The van der Waals surface area contributed by atoms with Gasteiger partial charge in [-0.3, -0.25) is 14.4 Å². The quantitative estimate of drug-likeness (QED) is 0.0228. The van der Waals surface area contributed by atoms with Crippen molar-refractivity contribution in [3.05, 3.63) is 60.8 Å². The third-order valence-electron chi connectivity index (χ3n) is 13.1. The Morgan fingerprint density at radius 3 is 1.34 bits per heavy atom. The summed E-state index contributed by atoms with van der Waals surface area (Å²) in [5, 5.41) is 31.4. The van der Waals surface area contributed by atoms with E-state index < -0.39 is 67.3 Å². The Hall–Kier alpha value is -3.58. The number of aliphatic carboxylic acids is 1. The maximum absolute atomic E-state index is 13.1. The van der Waals surface area contributed by atoms with Gasteiger partial charge in [-0.2, -0.15) is 0 Å². The van der Waals surface area contributed by atoms with E-state index in [1.54, 1.807) is 0 Å². The number of aliphatic hydroxyl groups is 2. The van der Waals surface area contributed by atoms with Gasteiger partial charge in [0, 0.05) is 19.3 Å². The van der Waals surface area contributed by atoms with Gasteiger partial charge in [0.15, 0.2) is 24.6 Å². The number of carbonyl (C=O) groups excluding carboxylic acids is 3. The first-order valence-electron chi connectivity index (χ1n) is 29.3. The summed E-state index contributed by atoms with van der Waals surface area (Å²) in [5.41, 5.74) is 0. The zero-order valence-electron chi connectivity index (χ0n) is 46.1. The van der Waals surface area contributed by atoms with Crippen LogP contribution in [0.4, 0.5) is 0 Å². The number of hydrogen-bond acceptors (Lipinski definition) is 11. The SMILES string of the molecule is CC/C=C\C/C=C\C/C=C\C/C=C\CCCCCCCCC(=O)OCC(COC1OC(C(=O)O)C(O)C(O)C1OC(=O)CCCCCCC/C=C\CCCCCC)OC(=O)CCCCCCCCCCCCC. The fourth-order valence-electron chi connectivity index (χ4n) is 8.59. The first kappa shape index (κ1) is 67.4. The second-order valence-corrected chi connectivity index (χ2v) is 19.9. The molecule has 0 aromatic heterocycles. The zero-order chi connectivity index (χ0) is 53.3. The summed E-state index contributed by atoms with van der Waals surface area (Å²) in [6.07, 6.45) is 47.6. The van der Waals surface area contributed by atoms with Crippen LogP contribution in [0.2, 0.25) is 0 Å². The summed E-state index contributed by atoms with van der Waals surface area (Å²) in [5.74, 6) is -3.14. The molecule has 1 saturated heterocycles. The highest BCUT2D eigenvalue weighted by molar-refractivity contribution is 5.74. The molecule has 0 aliphatic carbocycles. The number of rotatable bonds is 49. The average molecular weight is 1030 g/mol. The monoisotopic (exact) mass is 1030 g/mol. The van der Waals surface area contributed by atoms with Crippen LogP contribution >= 0.6 is 0 Å². The molecule has 1 rings (SSSR count). The Morgan fingerprint density at radius 2 is 0.863 bits per heavy atom. The second-order valence-electron chi connectivity index (χ2n) is 19.9. The van der Waals surface area contributed by atoms with E-state index in [1.807, 2.05) is 0 Å². The van der Waals surface area contributed by atoms with Crippen molar-refractivity contribution in [1.29, 1.82) is 0 Å². The molecule has 3 N–H and O–H groups in total. The van der Waals surface area contributed by atoms with Crippen molar-refractivity contribution in [3.8, 4) is 0 Å². The van der Waals surface area contributed by atoms with Crippen LogP contribution in [0, 0.1) is 0 Å². The largest absolute Gasteiger partial charge is 0.479 e. The number of esters is 3.